The monoisotopic (exact) mass is 318 g/mol. The highest BCUT2D eigenvalue weighted by molar-refractivity contribution is 5.85. The number of hydrogen-bond donors (Lipinski definition) is 2. The molecule has 0 aliphatic heterocycles. The van der Waals surface area contributed by atoms with Crippen LogP contribution in [0, 0.1) is 0 Å². The third-order valence-corrected chi connectivity index (χ3v) is 3.95. The van der Waals surface area contributed by atoms with Crippen molar-refractivity contribution >= 4 is 18.0 Å². The van der Waals surface area contributed by atoms with Crippen molar-refractivity contribution in [3.8, 4) is 0 Å². The highest BCUT2D eigenvalue weighted by atomic mass is 35.5. The number of aliphatic hydroxyl groups excluding tert-OH is 1. The van der Waals surface area contributed by atoms with Gasteiger partial charge in [-0.3, -0.25) is 0 Å². The van der Waals surface area contributed by atoms with Crippen molar-refractivity contribution in [3.05, 3.63) is 76.9 Å². The first-order valence-electron chi connectivity index (χ1n) is 8.76. The van der Waals surface area contributed by atoms with Gasteiger partial charge in [0.05, 0.1) is 6.10 Å². The zero-order valence-electron chi connectivity index (χ0n) is 15.3. The lowest BCUT2D eigenvalue weighted by atomic mass is 9.93. The van der Waals surface area contributed by atoms with Crippen molar-refractivity contribution in [3.63, 3.8) is 0 Å². The normalized spacial score (nSPS) is 20.7. The number of nitrogens with one attached hydrogen (secondary N) is 1. The summed E-state index contributed by atoms with van der Waals surface area (Å²) >= 11 is 0. The molecule has 0 heterocycles. The van der Waals surface area contributed by atoms with Crippen LogP contribution in [0.2, 0.25) is 0 Å². The van der Waals surface area contributed by atoms with E-state index in [9.17, 15) is 5.11 Å². The summed E-state index contributed by atoms with van der Waals surface area (Å²) in [5, 5.41) is 13.1. The second-order valence-corrected chi connectivity index (χ2v) is 5.30. The van der Waals surface area contributed by atoms with Gasteiger partial charge in [0.15, 0.2) is 0 Å². The molecule has 2 aromatic rings. The number of rotatable bonds is 3. The van der Waals surface area contributed by atoms with Crippen LogP contribution in [0.3, 0.4) is 0 Å². The van der Waals surface area contributed by atoms with Crippen molar-refractivity contribution in [2.24, 2.45) is 0 Å². The van der Waals surface area contributed by atoms with E-state index in [1.807, 2.05) is 42.5 Å². The molecule has 0 radical (unpaired) electrons. The summed E-state index contributed by atoms with van der Waals surface area (Å²) in [6, 6.07) is 16.0. The first-order chi connectivity index (χ1) is 11.5. The van der Waals surface area contributed by atoms with Gasteiger partial charge in [-0.05, 0) is 47.8 Å². The quantitative estimate of drug-likeness (QED) is 0.845. The molecule has 2 aromatic carbocycles. The minimum Gasteiger partial charge on any atom is -0.388 e. The van der Waals surface area contributed by atoms with Gasteiger partial charge in [-0.15, -0.1) is 12.4 Å². The summed E-state index contributed by atoms with van der Waals surface area (Å²) in [5.74, 6) is 0. The van der Waals surface area contributed by atoms with E-state index in [1.54, 1.807) is 0 Å². The lowest BCUT2D eigenvalue weighted by Crippen LogP contribution is -2.06. The number of fused-ring (bicyclic) bond motifs is 2. The molecule has 2 N–H and O–H groups in total. The number of hydrogen-bond acceptors (Lipinski definition) is 2. The van der Waals surface area contributed by atoms with Gasteiger partial charge < -0.3 is 10.4 Å². The Hall–Kier alpha value is -1.61. The van der Waals surface area contributed by atoms with Gasteiger partial charge in [0.2, 0.25) is 0 Å². The highest BCUT2D eigenvalue weighted by Gasteiger charge is 2.22. The Kier molecular flexibility index (Phi) is 4.45. The van der Waals surface area contributed by atoms with Gasteiger partial charge in [0.25, 0.3) is 0 Å². The van der Waals surface area contributed by atoms with Gasteiger partial charge in [-0.25, -0.2) is 0 Å². The Morgan fingerprint density at radius 1 is 1.18 bits per heavy atom. The second kappa shape index (κ2) is 7.59. The molecule has 0 saturated heterocycles. The topological polar surface area (TPSA) is 32.3 Å². The van der Waals surface area contributed by atoms with Crippen LogP contribution in [-0.2, 0) is 6.42 Å². The zero-order chi connectivity index (χ0) is 17.2. The van der Waals surface area contributed by atoms with Crippen LogP contribution >= 0.6 is 12.4 Å². The summed E-state index contributed by atoms with van der Waals surface area (Å²) in [6.07, 6.45) is 2.72. The molecule has 2 nitrogen and oxygen atoms in total. The van der Waals surface area contributed by atoms with Gasteiger partial charge in [0, 0.05) is 10.5 Å². The number of halogens is 1. The van der Waals surface area contributed by atoms with E-state index in [1.165, 1.54) is 0 Å². The molecule has 3 heteroatoms. The zero-order valence-corrected chi connectivity index (χ0v) is 13.1. The average Bonchev–Trinajstić information content (AvgIpc) is 2.66. The molecule has 1 aliphatic carbocycles. The van der Waals surface area contributed by atoms with E-state index < -0.39 is 13.1 Å². The first-order valence-corrected chi connectivity index (χ1v) is 7.26. The maximum Gasteiger partial charge on any atom is 0.0836 e. The van der Waals surface area contributed by atoms with Crippen molar-refractivity contribution in [1.29, 1.82) is 0 Å². The van der Waals surface area contributed by atoms with Crippen LogP contribution < -0.4 is 5.32 Å². The largest absolute Gasteiger partial charge is 0.388 e. The fraction of sp³-hybridized carbons (Fsp3) is 0.263. The Labute approximate surface area is 142 Å². The molecule has 0 saturated carbocycles. The first kappa shape index (κ1) is 12.9. The molecule has 22 heavy (non-hydrogen) atoms. The lowest BCUT2D eigenvalue weighted by molar-refractivity contribution is 0.179. The van der Waals surface area contributed by atoms with Crippen molar-refractivity contribution in [1.82, 2.24) is 5.32 Å². The van der Waals surface area contributed by atoms with Crippen LogP contribution in [0.5, 0.6) is 0 Å². The molecule has 0 fully saturated rings. The molecule has 3 rings (SSSR count). The minimum absolute atomic E-state index is 0. The Morgan fingerprint density at radius 2 is 1.91 bits per heavy atom. The molecular formula is C19H22ClNO. The van der Waals surface area contributed by atoms with Crippen LogP contribution in [0.4, 0.5) is 0 Å². The van der Waals surface area contributed by atoms with Gasteiger partial charge in [-0.2, -0.15) is 0 Å². The van der Waals surface area contributed by atoms with E-state index in [4.69, 9.17) is 4.11 Å². The average molecular weight is 319 g/mol. The molecular weight excluding hydrogens is 294 g/mol. The minimum atomic E-state index is -2.12. The molecule has 0 amide bonds. The van der Waals surface area contributed by atoms with E-state index in [2.05, 4.69) is 17.5 Å². The third-order valence-electron chi connectivity index (χ3n) is 3.95. The highest BCUT2D eigenvalue weighted by Crippen LogP contribution is 2.37. The standard InChI is InChI=1S/C19H21NO.ClH/c1-20-12-6-11-16-15-8-3-2-7-14(15)13-19(21)18-10-5-4-9-17(16)18;/h2-5,7-11,19-21H,6,12-13H2,1H3;1H/b16-11+;/i1D3;. The fourth-order valence-electron chi connectivity index (χ4n) is 2.97. The van der Waals surface area contributed by atoms with Gasteiger partial charge >= 0.3 is 0 Å². The summed E-state index contributed by atoms with van der Waals surface area (Å²) in [6.45, 7) is -1.74. The second-order valence-electron chi connectivity index (χ2n) is 5.30. The van der Waals surface area contributed by atoms with Gasteiger partial charge in [0.1, 0.15) is 0 Å². The number of benzene rings is 2. The predicted molar refractivity (Wildman–Crippen MR) is 94.4 cm³/mol. The lowest BCUT2D eigenvalue weighted by Gasteiger charge is -2.13. The van der Waals surface area contributed by atoms with Crippen LogP contribution in [0.1, 0.15) is 38.9 Å². The summed E-state index contributed by atoms with van der Waals surface area (Å²) in [4.78, 5) is 0. The molecule has 0 aromatic heterocycles. The molecule has 1 aliphatic rings. The van der Waals surface area contributed by atoms with Crippen molar-refractivity contribution in [2.45, 2.75) is 18.9 Å². The van der Waals surface area contributed by atoms with E-state index in [0.717, 1.165) is 27.8 Å². The van der Waals surface area contributed by atoms with E-state index in [-0.39, 0.29) is 12.4 Å². The van der Waals surface area contributed by atoms with Crippen LogP contribution in [-0.4, -0.2) is 18.6 Å². The van der Waals surface area contributed by atoms with Crippen LogP contribution in [0.25, 0.3) is 5.57 Å². The van der Waals surface area contributed by atoms with Crippen LogP contribution in [0.15, 0.2) is 54.6 Å². The molecule has 1 unspecified atom stereocenters. The van der Waals surface area contributed by atoms with E-state index in [0.29, 0.717) is 19.4 Å². The van der Waals surface area contributed by atoms with Crippen molar-refractivity contribution in [2.75, 3.05) is 13.5 Å². The fourth-order valence-corrected chi connectivity index (χ4v) is 2.97. The predicted octanol–water partition coefficient (Wildman–Crippen LogP) is 3.74. The molecule has 0 spiro atoms. The molecule has 0 bridgehead atoms. The summed E-state index contributed by atoms with van der Waals surface area (Å²) in [7, 11) is 0. The maximum atomic E-state index is 10.6. The van der Waals surface area contributed by atoms with Crippen molar-refractivity contribution < 1.29 is 9.22 Å². The number of aliphatic hydroxyl groups is 1. The molecule has 116 valence electrons. The SMILES string of the molecule is Cl.[2H]C([2H])([2H])NCC/C=C1\c2ccccc2CC(O)c2ccccc21. The molecule has 1 atom stereocenters. The Bertz CT molecular complexity index is 758. The van der Waals surface area contributed by atoms with Gasteiger partial charge in [-0.1, -0.05) is 54.6 Å². The smallest absolute Gasteiger partial charge is 0.0836 e. The Morgan fingerprint density at radius 3 is 2.73 bits per heavy atom. The summed E-state index contributed by atoms with van der Waals surface area (Å²) < 4.78 is 21.7. The maximum absolute atomic E-state index is 10.6. The van der Waals surface area contributed by atoms with E-state index >= 15 is 0 Å². The Balaban J connectivity index is 0.00000225. The summed E-state index contributed by atoms with van der Waals surface area (Å²) in [5.41, 5.74) is 5.21. The third kappa shape index (κ3) is 3.25.